The van der Waals surface area contributed by atoms with Crippen LogP contribution in [0.25, 0.3) is 0 Å². The number of para-hydroxylation sites is 1. The van der Waals surface area contributed by atoms with E-state index < -0.39 is 0 Å². The average molecular weight is 367 g/mol. The van der Waals surface area contributed by atoms with Crippen LogP contribution in [0.15, 0.2) is 30.3 Å². The second-order valence-electron chi connectivity index (χ2n) is 8.42. The van der Waals surface area contributed by atoms with Gasteiger partial charge in [0.15, 0.2) is 11.5 Å². The molecule has 0 spiro atoms. The molecule has 27 heavy (non-hydrogen) atoms. The first-order valence-corrected chi connectivity index (χ1v) is 9.96. The zero-order valence-corrected chi connectivity index (χ0v) is 16.8. The molecule has 0 bridgehead atoms. The highest BCUT2D eigenvalue weighted by atomic mass is 16.7. The predicted molar refractivity (Wildman–Crippen MR) is 110 cm³/mol. The molecule has 0 radical (unpaired) electrons. The molecule has 2 aliphatic heterocycles. The number of benzene rings is 2. The van der Waals surface area contributed by atoms with Crippen molar-refractivity contribution in [3.8, 4) is 11.5 Å². The topological polar surface area (TPSA) is 47.7 Å². The van der Waals surface area contributed by atoms with Crippen LogP contribution in [0.2, 0.25) is 0 Å². The summed E-state index contributed by atoms with van der Waals surface area (Å²) >= 11 is 0. The average Bonchev–Trinajstić information content (AvgIpc) is 3.13. The second-order valence-corrected chi connectivity index (χ2v) is 8.42. The van der Waals surface area contributed by atoms with Crippen molar-refractivity contribution in [3.05, 3.63) is 52.6 Å². The Morgan fingerprint density at radius 3 is 2.74 bits per heavy atom. The molecule has 0 saturated heterocycles. The largest absolute Gasteiger partial charge is 0.454 e. The zero-order chi connectivity index (χ0) is 19.2. The van der Waals surface area contributed by atoms with Crippen molar-refractivity contribution >= 4 is 5.69 Å². The molecule has 144 valence electrons. The Labute approximate surface area is 162 Å². The zero-order valence-electron chi connectivity index (χ0n) is 16.8. The molecule has 0 amide bonds. The minimum absolute atomic E-state index is 0.0369. The van der Waals surface area contributed by atoms with Gasteiger partial charge in [0.2, 0.25) is 6.79 Å². The van der Waals surface area contributed by atoms with Crippen molar-refractivity contribution in [1.29, 1.82) is 0 Å². The summed E-state index contributed by atoms with van der Waals surface area (Å²) in [6.45, 7) is 11.1. The lowest BCUT2D eigenvalue weighted by Crippen LogP contribution is -2.37. The summed E-state index contributed by atoms with van der Waals surface area (Å²) in [5, 5.41) is 0. The molecule has 2 aliphatic rings. The maximum atomic E-state index is 6.31. The van der Waals surface area contributed by atoms with Crippen molar-refractivity contribution in [1.82, 2.24) is 0 Å². The third-order valence-corrected chi connectivity index (χ3v) is 6.04. The molecule has 4 nitrogen and oxygen atoms in total. The number of nitrogens with zero attached hydrogens (tertiary/aromatic N) is 1. The van der Waals surface area contributed by atoms with Crippen LogP contribution in [-0.2, 0) is 18.4 Å². The van der Waals surface area contributed by atoms with E-state index in [4.69, 9.17) is 15.2 Å². The molecule has 0 saturated carbocycles. The SMILES string of the molecule is CCc1cc2c(cc1C(C)N)N(Cc1cccc3c1OCO3)CCC2(C)C. The van der Waals surface area contributed by atoms with E-state index in [1.165, 1.54) is 27.9 Å². The lowest BCUT2D eigenvalue weighted by molar-refractivity contribution is 0.173. The van der Waals surface area contributed by atoms with E-state index in [-0.39, 0.29) is 11.5 Å². The fourth-order valence-electron chi connectivity index (χ4n) is 4.34. The standard InChI is InChI=1S/C23H30N2O2/c1-5-16-11-19-20(12-18(16)15(2)24)25(10-9-23(19,3)4)13-17-7-6-8-21-22(17)27-14-26-21/h6-8,11-12,15H,5,9-10,13-14,24H2,1-4H3. The van der Waals surface area contributed by atoms with Crippen molar-refractivity contribution in [3.63, 3.8) is 0 Å². The van der Waals surface area contributed by atoms with E-state index in [9.17, 15) is 0 Å². The van der Waals surface area contributed by atoms with Crippen LogP contribution in [0.1, 0.15) is 62.4 Å². The first-order valence-electron chi connectivity index (χ1n) is 9.96. The molecule has 2 aromatic rings. The molecular weight excluding hydrogens is 336 g/mol. The lowest BCUT2D eigenvalue weighted by atomic mass is 9.75. The normalized spacial score (nSPS) is 18.3. The summed E-state index contributed by atoms with van der Waals surface area (Å²) in [4.78, 5) is 2.48. The summed E-state index contributed by atoms with van der Waals surface area (Å²) in [7, 11) is 0. The van der Waals surface area contributed by atoms with Crippen molar-refractivity contribution < 1.29 is 9.47 Å². The van der Waals surface area contributed by atoms with E-state index in [1.54, 1.807) is 0 Å². The maximum absolute atomic E-state index is 6.31. The Morgan fingerprint density at radius 2 is 2.00 bits per heavy atom. The summed E-state index contributed by atoms with van der Waals surface area (Å²) in [5.74, 6) is 1.74. The predicted octanol–water partition coefficient (Wildman–Crippen LogP) is 4.69. The number of fused-ring (bicyclic) bond motifs is 2. The monoisotopic (exact) mass is 366 g/mol. The van der Waals surface area contributed by atoms with Crippen LogP contribution in [-0.4, -0.2) is 13.3 Å². The van der Waals surface area contributed by atoms with Gasteiger partial charge in [-0.15, -0.1) is 0 Å². The smallest absolute Gasteiger partial charge is 0.231 e. The maximum Gasteiger partial charge on any atom is 0.231 e. The second kappa shape index (κ2) is 6.75. The molecular formula is C23H30N2O2. The van der Waals surface area contributed by atoms with Crippen LogP contribution >= 0.6 is 0 Å². The van der Waals surface area contributed by atoms with Gasteiger partial charge in [-0.25, -0.2) is 0 Å². The minimum atomic E-state index is 0.0369. The molecule has 2 aromatic carbocycles. The summed E-state index contributed by atoms with van der Waals surface area (Å²) in [5.41, 5.74) is 13.0. The van der Waals surface area contributed by atoms with Crippen LogP contribution < -0.4 is 20.1 Å². The van der Waals surface area contributed by atoms with Crippen molar-refractivity contribution in [2.45, 2.75) is 58.5 Å². The Bertz CT molecular complexity index is 858. The third kappa shape index (κ3) is 3.16. The van der Waals surface area contributed by atoms with Gasteiger partial charge in [-0.1, -0.05) is 39.0 Å². The van der Waals surface area contributed by atoms with Crippen LogP contribution in [0.5, 0.6) is 11.5 Å². The number of nitrogens with two attached hydrogens (primary N) is 1. The molecule has 0 aliphatic carbocycles. The molecule has 1 atom stereocenters. The Hall–Kier alpha value is -2.20. The highest BCUT2D eigenvalue weighted by Crippen LogP contribution is 2.44. The van der Waals surface area contributed by atoms with E-state index >= 15 is 0 Å². The Balaban J connectivity index is 1.77. The summed E-state index contributed by atoms with van der Waals surface area (Å²) in [6.07, 6.45) is 2.14. The summed E-state index contributed by atoms with van der Waals surface area (Å²) in [6, 6.07) is 10.9. The van der Waals surface area contributed by atoms with Crippen molar-refractivity contribution in [2.75, 3.05) is 18.2 Å². The molecule has 1 unspecified atom stereocenters. The molecule has 4 rings (SSSR count). The highest BCUT2D eigenvalue weighted by molar-refractivity contribution is 5.63. The van der Waals surface area contributed by atoms with E-state index in [1.807, 2.05) is 12.1 Å². The Kier molecular flexibility index (Phi) is 4.55. The van der Waals surface area contributed by atoms with E-state index in [0.29, 0.717) is 6.79 Å². The fraction of sp³-hybridized carbons (Fsp3) is 0.478. The van der Waals surface area contributed by atoms with Gasteiger partial charge in [0.25, 0.3) is 0 Å². The molecule has 0 aromatic heterocycles. The number of aryl methyl sites for hydroxylation is 1. The van der Waals surface area contributed by atoms with Gasteiger partial charge >= 0.3 is 0 Å². The third-order valence-electron chi connectivity index (χ3n) is 6.04. The quantitative estimate of drug-likeness (QED) is 0.853. The number of anilines is 1. The van der Waals surface area contributed by atoms with Gasteiger partial charge in [0.1, 0.15) is 0 Å². The first-order chi connectivity index (χ1) is 12.9. The molecule has 0 fully saturated rings. The van der Waals surface area contributed by atoms with E-state index in [0.717, 1.165) is 37.4 Å². The van der Waals surface area contributed by atoms with Gasteiger partial charge in [-0.3, -0.25) is 0 Å². The molecule has 2 heterocycles. The number of rotatable bonds is 4. The van der Waals surface area contributed by atoms with Crippen LogP contribution in [0.3, 0.4) is 0 Å². The van der Waals surface area contributed by atoms with Gasteiger partial charge in [-0.2, -0.15) is 0 Å². The van der Waals surface area contributed by atoms with E-state index in [2.05, 4.69) is 50.8 Å². The highest BCUT2D eigenvalue weighted by Gasteiger charge is 2.33. The number of hydrogen-bond donors (Lipinski definition) is 1. The van der Waals surface area contributed by atoms with Crippen LogP contribution in [0, 0.1) is 0 Å². The summed E-state index contributed by atoms with van der Waals surface area (Å²) < 4.78 is 11.3. The fourth-order valence-corrected chi connectivity index (χ4v) is 4.34. The number of ether oxygens (including phenoxy) is 2. The van der Waals surface area contributed by atoms with Gasteiger partial charge in [-0.05, 0) is 54.0 Å². The lowest BCUT2D eigenvalue weighted by Gasteiger charge is -2.41. The molecule has 2 N–H and O–H groups in total. The van der Waals surface area contributed by atoms with Crippen molar-refractivity contribution in [2.24, 2.45) is 5.73 Å². The van der Waals surface area contributed by atoms with Gasteiger partial charge < -0.3 is 20.1 Å². The first kappa shape index (κ1) is 18.2. The molecule has 4 heteroatoms. The van der Waals surface area contributed by atoms with Crippen LogP contribution in [0.4, 0.5) is 5.69 Å². The van der Waals surface area contributed by atoms with Gasteiger partial charge in [0, 0.05) is 30.4 Å². The minimum Gasteiger partial charge on any atom is -0.454 e. The van der Waals surface area contributed by atoms with Gasteiger partial charge in [0.05, 0.1) is 0 Å². The Morgan fingerprint density at radius 1 is 1.19 bits per heavy atom. The number of hydrogen-bond acceptors (Lipinski definition) is 4.